The number of fused-ring (bicyclic) bond motifs is 1. The number of nitrogen functional groups attached to an aromatic ring is 1. The Bertz CT molecular complexity index is 1460. The van der Waals surface area contributed by atoms with Crippen LogP contribution in [0.4, 0.5) is 20.4 Å². The Morgan fingerprint density at radius 1 is 1.25 bits per heavy atom. The number of benzene rings is 2. The van der Waals surface area contributed by atoms with Gasteiger partial charge in [0, 0.05) is 30.3 Å². The van der Waals surface area contributed by atoms with Gasteiger partial charge in [0.1, 0.15) is 10.8 Å². The van der Waals surface area contributed by atoms with Crippen molar-refractivity contribution in [3.63, 3.8) is 0 Å². The summed E-state index contributed by atoms with van der Waals surface area (Å²) in [6, 6.07) is 7.19. The van der Waals surface area contributed by atoms with E-state index in [0.29, 0.717) is 40.8 Å². The summed E-state index contributed by atoms with van der Waals surface area (Å²) >= 11 is 7.60. The van der Waals surface area contributed by atoms with Gasteiger partial charge in [0.05, 0.1) is 25.8 Å². The molecule has 7 nitrogen and oxygen atoms in total. The molecule has 190 valence electrons. The van der Waals surface area contributed by atoms with Crippen LogP contribution in [0.15, 0.2) is 51.3 Å². The maximum atomic E-state index is 13.8. The molecule has 2 atom stereocenters. The van der Waals surface area contributed by atoms with Crippen LogP contribution in [0, 0.1) is 21.8 Å². The van der Waals surface area contributed by atoms with Crippen molar-refractivity contribution >= 4 is 44.7 Å². The van der Waals surface area contributed by atoms with Gasteiger partial charge < -0.3 is 16.4 Å². The Kier molecular flexibility index (Phi) is 6.39. The van der Waals surface area contributed by atoms with Crippen LogP contribution in [0.5, 0.6) is 0 Å². The van der Waals surface area contributed by atoms with Gasteiger partial charge in [-0.15, -0.1) is 0 Å². The third kappa shape index (κ3) is 4.42. The number of halogens is 3. The van der Waals surface area contributed by atoms with E-state index < -0.39 is 21.4 Å². The monoisotopic (exact) mass is 550 g/mol. The molecule has 5 N–H and O–H groups in total. The van der Waals surface area contributed by atoms with E-state index in [2.05, 4.69) is 14.9 Å². The third-order valence-electron chi connectivity index (χ3n) is 7.11. The van der Waals surface area contributed by atoms with E-state index in [4.69, 9.17) is 27.8 Å². The standard InChI is InChI=1S/C24H25ClF2N6OS2/c1-36(30,34)18-4-2-3-17(20(18)25)35-23-22(29)32-19(12-31-23)33-7-5-24(6-8-33)11-13-9-15(26)16(27)10-14(13)21(24)28/h2-4,9-10,12,21,30H,5-8,11,28H2,1H3,(H2,29,32)/t21-,36?/m1/s1. The van der Waals surface area contributed by atoms with Crippen molar-refractivity contribution in [1.29, 1.82) is 4.78 Å². The summed E-state index contributed by atoms with van der Waals surface area (Å²) in [6.45, 7) is 1.32. The van der Waals surface area contributed by atoms with Crippen molar-refractivity contribution in [1.82, 2.24) is 9.97 Å². The van der Waals surface area contributed by atoms with Crippen LogP contribution in [0.1, 0.15) is 30.0 Å². The first kappa shape index (κ1) is 25.2. The van der Waals surface area contributed by atoms with Crippen molar-refractivity contribution in [2.75, 3.05) is 30.0 Å². The molecule has 0 amide bonds. The molecule has 1 aliphatic carbocycles. The van der Waals surface area contributed by atoms with Crippen LogP contribution < -0.4 is 16.4 Å². The fraction of sp³-hybridized carbons (Fsp3) is 0.333. The van der Waals surface area contributed by atoms with Crippen molar-refractivity contribution in [2.24, 2.45) is 11.1 Å². The van der Waals surface area contributed by atoms with E-state index in [-0.39, 0.29) is 27.2 Å². The van der Waals surface area contributed by atoms with Gasteiger partial charge in [-0.2, -0.15) is 0 Å². The summed E-state index contributed by atoms with van der Waals surface area (Å²) in [5.41, 5.74) is 14.0. The summed E-state index contributed by atoms with van der Waals surface area (Å²) in [5.74, 6) is -0.831. The maximum Gasteiger partial charge on any atom is 0.159 e. The van der Waals surface area contributed by atoms with Gasteiger partial charge in [-0.1, -0.05) is 29.4 Å². The number of anilines is 2. The second kappa shape index (κ2) is 9.13. The van der Waals surface area contributed by atoms with Gasteiger partial charge in [0.15, 0.2) is 17.5 Å². The fourth-order valence-electron chi connectivity index (χ4n) is 5.12. The highest BCUT2D eigenvalue weighted by Crippen LogP contribution is 2.51. The molecule has 36 heavy (non-hydrogen) atoms. The second-order valence-corrected chi connectivity index (χ2v) is 12.9. The summed E-state index contributed by atoms with van der Waals surface area (Å²) in [6.07, 6.45) is 5.09. The summed E-state index contributed by atoms with van der Waals surface area (Å²) in [7, 11) is -2.98. The summed E-state index contributed by atoms with van der Waals surface area (Å²) < 4.78 is 47.6. The first-order chi connectivity index (χ1) is 17.0. The molecule has 0 radical (unpaired) electrons. The van der Waals surface area contributed by atoms with Gasteiger partial charge >= 0.3 is 0 Å². The van der Waals surface area contributed by atoms with Crippen LogP contribution in [-0.4, -0.2) is 33.5 Å². The van der Waals surface area contributed by atoms with E-state index in [1.165, 1.54) is 30.2 Å². The van der Waals surface area contributed by atoms with Crippen LogP contribution >= 0.6 is 23.4 Å². The van der Waals surface area contributed by atoms with E-state index in [0.717, 1.165) is 18.4 Å². The number of nitrogens with zero attached hydrogens (tertiary/aromatic N) is 3. The Hall–Kier alpha value is -2.47. The average Bonchev–Trinajstić information content (AvgIpc) is 3.07. The predicted molar refractivity (Wildman–Crippen MR) is 138 cm³/mol. The smallest absolute Gasteiger partial charge is 0.159 e. The topological polar surface area (TPSA) is 122 Å². The molecule has 0 bridgehead atoms. The molecular weight excluding hydrogens is 526 g/mol. The van der Waals surface area contributed by atoms with Crippen LogP contribution in [0.3, 0.4) is 0 Å². The second-order valence-electron chi connectivity index (χ2n) is 9.40. The van der Waals surface area contributed by atoms with Gasteiger partial charge in [-0.25, -0.2) is 27.7 Å². The van der Waals surface area contributed by atoms with Crippen molar-refractivity contribution in [2.45, 2.75) is 40.1 Å². The van der Waals surface area contributed by atoms with Gasteiger partial charge in [0.2, 0.25) is 0 Å². The lowest BCUT2D eigenvalue weighted by molar-refractivity contribution is 0.187. The molecule has 1 fully saturated rings. The molecule has 0 saturated carbocycles. The Morgan fingerprint density at radius 2 is 1.94 bits per heavy atom. The molecule has 1 aromatic heterocycles. The summed E-state index contributed by atoms with van der Waals surface area (Å²) in [4.78, 5) is 12.0. The van der Waals surface area contributed by atoms with E-state index in [1.54, 1.807) is 24.4 Å². The Balaban J connectivity index is 1.30. The number of aromatic nitrogens is 2. The lowest BCUT2D eigenvalue weighted by atomic mass is 9.73. The molecule has 5 rings (SSSR count). The molecule has 12 heteroatoms. The molecule has 1 spiro atoms. The van der Waals surface area contributed by atoms with E-state index >= 15 is 0 Å². The number of nitrogens with two attached hydrogens (primary N) is 2. The van der Waals surface area contributed by atoms with Gasteiger partial charge in [-0.3, -0.25) is 0 Å². The van der Waals surface area contributed by atoms with Crippen LogP contribution in [0.2, 0.25) is 5.02 Å². The van der Waals surface area contributed by atoms with Crippen LogP contribution in [0.25, 0.3) is 0 Å². The lowest BCUT2D eigenvalue weighted by Crippen LogP contribution is -2.44. The molecule has 1 unspecified atom stereocenters. The molecule has 1 aliphatic heterocycles. The number of rotatable bonds is 4. The SMILES string of the molecule is CS(=N)(=O)c1cccc(Sc2ncc(N3CCC4(CC3)Cc3cc(F)c(F)cc3[C@H]4N)nc2N)c1Cl. The van der Waals surface area contributed by atoms with Crippen LogP contribution in [-0.2, 0) is 16.1 Å². The molecule has 2 heterocycles. The largest absolute Gasteiger partial charge is 0.381 e. The number of piperidine rings is 1. The number of hydrogen-bond donors (Lipinski definition) is 3. The maximum absolute atomic E-state index is 13.8. The molecular formula is C24H25ClF2N6OS2. The molecule has 2 aliphatic rings. The van der Waals surface area contributed by atoms with E-state index in [1.807, 2.05) is 0 Å². The van der Waals surface area contributed by atoms with Gasteiger partial charge in [-0.05, 0) is 60.1 Å². The van der Waals surface area contributed by atoms with E-state index in [9.17, 15) is 13.0 Å². The number of hydrogen-bond acceptors (Lipinski definition) is 8. The first-order valence-corrected chi connectivity index (χ1v) is 14.5. The highest BCUT2D eigenvalue weighted by molar-refractivity contribution is 7.99. The van der Waals surface area contributed by atoms with Gasteiger partial charge in [0.25, 0.3) is 0 Å². The zero-order valence-electron chi connectivity index (χ0n) is 19.4. The Labute approximate surface area is 217 Å². The highest BCUT2D eigenvalue weighted by atomic mass is 35.5. The van der Waals surface area contributed by atoms with Crippen molar-refractivity contribution in [3.8, 4) is 0 Å². The average molecular weight is 551 g/mol. The Morgan fingerprint density at radius 3 is 2.61 bits per heavy atom. The lowest BCUT2D eigenvalue weighted by Gasteiger charge is -2.42. The minimum absolute atomic E-state index is 0.235. The molecule has 2 aromatic carbocycles. The third-order valence-corrected chi connectivity index (χ3v) is 9.99. The van der Waals surface area contributed by atoms with Crippen molar-refractivity contribution < 1.29 is 13.0 Å². The fourth-order valence-corrected chi connectivity index (χ4v) is 7.47. The minimum Gasteiger partial charge on any atom is -0.381 e. The first-order valence-electron chi connectivity index (χ1n) is 11.3. The molecule has 1 saturated heterocycles. The highest BCUT2D eigenvalue weighted by Gasteiger charge is 2.46. The zero-order chi connectivity index (χ0) is 25.8. The van der Waals surface area contributed by atoms with Crippen molar-refractivity contribution in [3.05, 3.63) is 64.3 Å². The quantitative estimate of drug-likeness (QED) is 0.417. The zero-order valence-corrected chi connectivity index (χ0v) is 21.8. The minimum atomic E-state index is -2.98. The predicted octanol–water partition coefficient (Wildman–Crippen LogP) is 5.02. The summed E-state index contributed by atoms with van der Waals surface area (Å²) in [5, 5.41) is 0.696. The number of nitrogens with one attached hydrogen (secondary N) is 1. The molecule has 3 aromatic rings. The normalized spacial score (nSPS) is 20.4.